The SMILES string of the molecule is CC(C)C1(N)CC1c1cccc(O)c1. The van der Waals surface area contributed by atoms with Crippen molar-refractivity contribution in [3.05, 3.63) is 29.8 Å². The molecule has 1 aromatic rings. The maximum absolute atomic E-state index is 9.36. The molecule has 1 fully saturated rings. The summed E-state index contributed by atoms with van der Waals surface area (Å²) in [6.07, 6.45) is 1.04. The normalized spacial score (nSPS) is 30.7. The van der Waals surface area contributed by atoms with Gasteiger partial charge in [-0.1, -0.05) is 26.0 Å². The molecule has 2 heteroatoms. The maximum atomic E-state index is 9.36. The van der Waals surface area contributed by atoms with Crippen LogP contribution in [0.5, 0.6) is 5.75 Å². The summed E-state index contributed by atoms with van der Waals surface area (Å²) in [6, 6.07) is 7.44. The summed E-state index contributed by atoms with van der Waals surface area (Å²) in [7, 11) is 0. The molecule has 0 bridgehead atoms. The molecule has 0 aliphatic heterocycles. The van der Waals surface area contributed by atoms with Gasteiger partial charge in [0, 0.05) is 11.5 Å². The predicted molar refractivity (Wildman–Crippen MR) is 57.2 cm³/mol. The van der Waals surface area contributed by atoms with Gasteiger partial charge in [-0.15, -0.1) is 0 Å². The minimum atomic E-state index is -0.0478. The molecule has 2 unspecified atom stereocenters. The Morgan fingerprint density at radius 1 is 1.50 bits per heavy atom. The number of phenols is 1. The molecule has 0 aromatic heterocycles. The van der Waals surface area contributed by atoms with Crippen LogP contribution in [0.4, 0.5) is 0 Å². The number of aromatic hydroxyl groups is 1. The zero-order valence-electron chi connectivity index (χ0n) is 8.70. The summed E-state index contributed by atoms with van der Waals surface area (Å²) in [4.78, 5) is 0. The van der Waals surface area contributed by atoms with Gasteiger partial charge >= 0.3 is 0 Å². The second kappa shape index (κ2) is 2.99. The van der Waals surface area contributed by atoms with Crippen molar-refractivity contribution in [2.45, 2.75) is 31.7 Å². The van der Waals surface area contributed by atoms with Gasteiger partial charge in [0.2, 0.25) is 0 Å². The van der Waals surface area contributed by atoms with Gasteiger partial charge in [-0.05, 0) is 30.0 Å². The second-order valence-corrected chi connectivity index (χ2v) is 4.62. The maximum Gasteiger partial charge on any atom is 0.115 e. The van der Waals surface area contributed by atoms with Gasteiger partial charge in [-0.3, -0.25) is 0 Å². The summed E-state index contributed by atoms with van der Waals surface area (Å²) in [5.74, 6) is 1.25. The van der Waals surface area contributed by atoms with E-state index in [9.17, 15) is 5.11 Å². The van der Waals surface area contributed by atoms with E-state index in [-0.39, 0.29) is 5.54 Å². The van der Waals surface area contributed by atoms with E-state index >= 15 is 0 Å². The van der Waals surface area contributed by atoms with Gasteiger partial charge in [0.25, 0.3) is 0 Å². The molecule has 0 radical (unpaired) electrons. The van der Waals surface area contributed by atoms with Gasteiger partial charge in [0.1, 0.15) is 5.75 Å². The molecule has 0 saturated heterocycles. The zero-order chi connectivity index (χ0) is 10.3. The molecule has 76 valence electrons. The van der Waals surface area contributed by atoms with E-state index < -0.39 is 0 Å². The first-order valence-corrected chi connectivity index (χ1v) is 5.12. The highest BCUT2D eigenvalue weighted by molar-refractivity contribution is 5.37. The lowest BCUT2D eigenvalue weighted by Crippen LogP contribution is -2.30. The average molecular weight is 191 g/mol. The Labute approximate surface area is 84.7 Å². The van der Waals surface area contributed by atoms with Gasteiger partial charge in [-0.2, -0.15) is 0 Å². The molecular weight excluding hydrogens is 174 g/mol. The number of benzene rings is 1. The van der Waals surface area contributed by atoms with Gasteiger partial charge in [0.05, 0.1) is 0 Å². The van der Waals surface area contributed by atoms with Crippen LogP contribution in [-0.4, -0.2) is 10.6 Å². The lowest BCUT2D eigenvalue weighted by molar-refractivity contribution is 0.461. The van der Waals surface area contributed by atoms with Crippen LogP contribution in [0.25, 0.3) is 0 Å². The smallest absolute Gasteiger partial charge is 0.115 e. The first-order valence-electron chi connectivity index (χ1n) is 5.12. The highest BCUT2D eigenvalue weighted by Gasteiger charge is 2.53. The summed E-state index contributed by atoms with van der Waals surface area (Å²) in [6.45, 7) is 4.31. The van der Waals surface area contributed by atoms with Crippen LogP contribution >= 0.6 is 0 Å². The summed E-state index contributed by atoms with van der Waals surface area (Å²) in [5.41, 5.74) is 7.35. The molecule has 1 aromatic carbocycles. The van der Waals surface area contributed by atoms with Crippen molar-refractivity contribution < 1.29 is 5.11 Å². The van der Waals surface area contributed by atoms with E-state index in [4.69, 9.17) is 5.73 Å². The van der Waals surface area contributed by atoms with Crippen LogP contribution in [0.3, 0.4) is 0 Å². The van der Waals surface area contributed by atoms with Crippen LogP contribution in [0, 0.1) is 5.92 Å². The first-order chi connectivity index (χ1) is 6.54. The summed E-state index contributed by atoms with van der Waals surface area (Å²) < 4.78 is 0. The molecule has 2 rings (SSSR count). The van der Waals surface area contributed by atoms with E-state index in [1.54, 1.807) is 6.07 Å². The monoisotopic (exact) mass is 191 g/mol. The van der Waals surface area contributed by atoms with Crippen molar-refractivity contribution >= 4 is 0 Å². The average Bonchev–Trinajstić information content (AvgIpc) is 2.80. The third-order valence-corrected chi connectivity index (χ3v) is 3.39. The highest BCUT2D eigenvalue weighted by atomic mass is 16.3. The molecule has 1 aliphatic rings. The Kier molecular flexibility index (Phi) is 2.04. The fourth-order valence-electron chi connectivity index (χ4n) is 2.10. The Hall–Kier alpha value is -1.02. The van der Waals surface area contributed by atoms with Crippen LogP contribution in [0.15, 0.2) is 24.3 Å². The quantitative estimate of drug-likeness (QED) is 0.753. The van der Waals surface area contributed by atoms with E-state index in [0.717, 1.165) is 6.42 Å². The number of phenolic OH excluding ortho intramolecular Hbond substituents is 1. The number of hydrogen-bond acceptors (Lipinski definition) is 2. The topological polar surface area (TPSA) is 46.2 Å². The van der Waals surface area contributed by atoms with E-state index in [0.29, 0.717) is 17.6 Å². The van der Waals surface area contributed by atoms with Gasteiger partial charge in [-0.25, -0.2) is 0 Å². The van der Waals surface area contributed by atoms with Crippen LogP contribution < -0.4 is 5.73 Å². The van der Waals surface area contributed by atoms with Crippen LogP contribution in [-0.2, 0) is 0 Å². The number of hydrogen-bond donors (Lipinski definition) is 2. The number of rotatable bonds is 2. The van der Waals surface area contributed by atoms with Crippen molar-refractivity contribution in [3.63, 3.8) is 0 Å². The van der Waals surface area contributed by atoms with Crippen molar-refractivity contribution in [1.82, 2.24) is 0 Å². The van der Waals surface area contributed by atoms with E-state index in [2.05, 4.69) is 13.8 Å². The molecule has 0 heterocycles. The largest absolute Gasteiger partial charge is 0.508 e. The Bertz CT molecular complexity index is 348. The molecule has 2 nitrogen and oxygen atoms in total. The van der Waals surface area contributed by atoms with Gasteiger partial charge < -0.3 is 10.8 Å². The lowest BCUT2D eigenvalue weighted by Gasteiger charge is -2.15. The van der Waals surface area contributed by atoms with Crippen molar-refractivity contribution in [3.8, 4) is 5.75 Å². The third-order valence-electron chi connectivity index (χ3n) is 3.39. The number of nitrogens with two attached hydrogens (primary N) is 1. The molecular formula is C12H17NO. The molecule has 0 amide bonds. The molecule has 1 aliphatic carbocycles. The minimum Gasteiger partial charge on any atom is -0.508 e. The minimum absolute atomic E-state index is 0.0478. The first kappa shape index (κ1) is 9.53. The predicted octanol–water partition coefficient (Wildman–Crippen LogP) is 2.23. The summed E-state index contributed by atoms with van der Waals surface area (Å²) >= 11 is 0. The Morgan fingerprint density at radius 2 is 2.21 bits per heavy atom. The van der Waals surface area contributed by atoms with Crippen molar-refractivity contribution in [2.75, 3.05) is 0 Å². The van der Waals surface area contributed by atoms with Crippen molar-refractivity contribution in [2.24, 2.45) is 11.7 Å². The molecule has 0 spiro atoms. The second-order valence-electron chi connectivity index (χ2n) is 4.62. The van der Waals surface area contributed by atoms with Crippen LogP contribution in [0.2, 0.25) is 0 Å². The van der Waals surface area contributed by atoms with Crippen LogP contribution in [0.1, 0.15) is 31.7 Å². The lowest BCUT2D eigenvalue weighted by atomic mass is 9.97. The standard InChI is InChI=1S/C12H17NO/c1-8(2)12(13)7-11(12)9-4-3-5-10(14)6-9/h3-6,8,11,14H,7,13H2,1-2H3. The van der Waals surface area contributed by atoms with E-state index in [1.807, 2.05) is 18.2 Å². The Morgan fingerprint density at radius 3 is 2.71 bits per heavy atom. The highest BCUT2D eigenvalue weighted by Crippen LogP contribution is 2.53. The summed E-state index contributed by atoms with van der Waals surface area (Å²) in [5, 5.41) is 9.36. The van der Waals surface area contributed by atoms with Crippen molar-refractivity contribution in [1.29, 1.82) is 0 Å². The Balaban J connectivity index is 2.21. The third kappa shape index (κ3) is 1.40. The van der Waals surface area contributed by atoms with E-state index in [1.165, 1.54) is 5.56 Å². The van der Waals surface area contributed by atoms with Gasteiger partial charge in [0.15, 0.2) is 0 Å². The zero-order valence-corrected chi connectivity index (χ0v) is 8.70. The fraction of sp³-hybridized carbons (Fsp3) is 0.500. The molecule has 3 N–H and O–H groups in total. The molecule has 2 atom stereocenters. The molecule has 14 heavy (non-hydrogen) atoms. The molecule has 1 saturated carbocycles. The fourth-order valence-corrected chi connectivity index (χ4v) is 2.10.